The van der Waals surface area contributed by atoms with Crippen LogP contribution in [0.25, 0.3) is 21.3 Å². The van der Waals surface area contributed by atoms with Gasteiger partial charge in [-0.15, -0.1) is 11.3 Å². The molecule has 0 atom stereocenters. The number of nitro groups is 1. The van der Waals surface area contributed by atoms with Gasteiger partial charge < -0.3 is 15.5 Å². The molecular formula is C23H17F3N8O5S. The van der Waals surface area contributed by atoms with Gasteiger partial charge in [-0.2, -0.15) is 23.4 Å². The SMILES string of the molecule is Cc1c(-c2cc(C(F)(F)F)nc3sc(C(N)=O)c(NC(=O)c4ccc(Cn5cc([N+](=O)[O-])cn5)o4)c23)cnn1C. The van der Waals surface area contributed by atoms with Crippen LogP contribution in [0.2, 0.25) is 0 Å². The lowest BCUT2D eigenvalue weighted by Gasteiger charge is -2.12. The van der Waals surface area contributed by atoms with E-state index in [1.54, 1.807) is 14.0 Å². The summed E-state index contributed by atoms with van der Waals surface area (Å²) in [6.45, 7) is 1.63. The molecule has 2 amide bonds. The zero-order valence-electron chi connectivity index (χ0n) is 20.5. The molecule has 0 aliphatic heterocycles. The minimum Gasteiger partial charge on any atom is -0.454 e. The third kappa shape index (κ3) is 4.77. The fourth-order valence-corrected chi connectivity index (χ4v) is 4.97. The van der Waals surface area contributed by atoms with Gasteiger partial charge in [0.25, 0.3) is 11.8 Å². The van der Waals surface area contributed by atoms with Gasteiger partial charge in [-0.05, 0) is 30.7 Å². The molecule has 0 bridgehead atoms. The van der Waals surface area contributed by atoms with E-state index >= 15 is 0 Å². The molecule has 5 aromatic rings. The largest absolute Gasteiger partial charge is 0.454 e. The molecule has 3 N–H and O–H groups in total. The van der Waals surface area contributed by atoms with Crippen LogP contribution in [0.15, 0.2) is 41.2 Å². The number of furan rings is 1. The van der Waals surface area contributed by atoms with Crippen LogP contribution in [-0.4, -0.2) is 41.3 Å². The number of aryl methyl sites for hydroxylation is 1. The summed E-state index contributed by atoms with van der Waals surface area (Å²) in [5, 5.41) is 21.4. The highest BCUT2D eigenvalue weighted by Gasteiger charge is 2.35. The Hall–Kier alpha value is -5.06. The summed E-state index contributed by atoms with van der Waals surface area (Å²) in [4.78, 5) is 39.0. The Balaban J connectivity index is 1.56. The van der Waals surface area contributed by atoms with E-state index < -0.39 is 28.6 Å². The van der Waals surface area contributed by atoms with Crippen LogP contribution >= 0.6 is 11.3 Å². The third-order valence-electron chi connectivity index (χ3n) is 5.97. The molecule has 17 heteroatoms. The van der Waals surface area contributed by atoms with Gasteiger partial charge in [0, 0.05) is 23.7 Å². The summed E-state index contributed by atoms with van der Waals surface area (Å²) in [6.07, 6.45) is -1.18. The number of primary amides is 1. The van der Waals surface area contributed by atoms with Crippen molar-refractivity contribution in [1.82, 2.24) is 24.5 Å². The van der Waals surface area contributed by atoms with Crippen molar-refractivity contribution in [3.8, 4) is 11.1 Å². The average Bonchev–Trinajstić information content (AvgIpc) is 3.66. The summed E-state index contributed by atoms with van der Waals surface area (Å²) in [5.41, 5.74) is 4.88. The van der Waals surface area contributed by atoms with E-state index in [4.69, 9.17) is 10.2 Å². The van der Waals surface area contributed by atoms with Gasteiger partial charge in [-0.25, -0.2) is 4.98 Å². The van der Waals surface area contributed by atoms with E-state index in [1.807, 2.05) is 0 Å². The molecule has 0 radical (unpaired) electrons. The smallest absolute Gasteiger partial charge is 0.433 e. The zero-order chi connectivity index (χ0) is 28.9. The van der Waals surface area contributed by atoms with E-state index in [1.165, 1.54) is 33.9 Å². The maximum absolute atomic E-state index is 13.7. The second-order valence-corrected chi connectivity index (χ2v) is 9.54. The number of thiophene rings is 1. The molecule has 0 fully saturated rings. The van der Waals surface area contributed by atoms with Crippen molar-refractivity contribution in [3.63, 3.8) is 0 Å². The number of rotatable bonds is 7. The van der Waals surface area contributed by atoms with E-state index in [-0.39, 0.29) is 50.1 Å². The molecule has 0 aliphatic rings. The van der Waals surface area contributed by atoms with Crippen LogP contribution < -0.4 is 11.1 Å². The minimum atomic E-state index is -4.79. The molecular weight excluding hydrogens is 557 g/mol. The van der Waals surface area contributed by atoms with Crippen LogP contribution in [0.1, 0.15) is 37.4 Å². The number of hydrogen-bond acceptors (Lipinski definition) is 9. The number of amides is 2. The Labute approximate surface area is 225 Å². The van der Waals surface area contributed by atoms with Crippen molar-refractivity contribution >= 4 is 44.7 Å². The van der Waals surface area contributed by atoms with E-state index in [9.17, 15) is 32.9 Å². The lowest BCUT2D eigenvalue weighted by molar-refractivity contribution is -0.385. The molecule has 0 spiro atoms. The Morgan fingerprint density at radius 1 is 1.23 bits per heavy atom. The Bertz CT molecular complexity index is 1820. The highest BCUT2D eigenvalue weighted by Crippen LogP contribution is 2.44. The lowest BCUT2D eigenvalue weighted by atomic mass is 10.0. The van der Waals surface area contributed by atoms with Gasteiger partial charge in [0.1, 0.15) is 33.6 Å². The van der Waals surface area contributed by atoms with Gasteiger partial charge in [0.2, 0.25) is 0 Å². The molecule has 5 rings (SSSR count). The predicted octanol–water partition coefficient (Wildman–Crippen LogP) is 4.12. The number of aromatic nitrogens is 5. The number of halogens is 3. The van der Waals surface area contributed by atoms with Gasteiger partial charge in [-0.3, -0.25) is 29.1 Å². The average molecular weight is 575 g/mol. The first-order chi connectivity index (χ1) is 18.8. The summed E-state index contributed by atoms with van der Waals surface area (Å²) < 4.78 is 49.4. The molecule has 0 saturated carbocycles. The Kier molecular flexibility index (Phi) is 6.37. The monoisotopic (exact) mass is 574 g/mol. The molecule has 13 nitrogen and oxygen atoms in total. The highest BCUT2D eigenvalue weighted by molar-refractivity contribution is 7.21. The lowest BCUT2D eigenvalue weighted by Crippen LogP contribution is -2.16. The first-order valence-electron chi connectivity index (χ1n) is 11.2. The number of nitrogens with zero attached hydrogens (tertiary/aromatic N) is 6. The van der Waals surface area contributed by atoms with Crippen molar-refractivity contribution in [2.75, 3.05) is 5.32 Å². The first-order valence-corrected chi connectivity index (χ1v) is 12.1. The second-order valence-electron chi connectivity index (χ2n) is 8.54. The van der Waals surface area contributed by atoms with E-state index in [0.717, 1.165) is 12.3 Å². The number of fused-ring (bicyclic) bond motifs is 1. The van der Waals surface area contributed by atoms with Crippen molar-refractivity contribution in [3.05, 3.63) is 74.7 Å². The van der Waals surface area contributed by atoms with E-state index in [2.05, 4.69) is 20.5 Å². The second kappa shape index (κ2) is 9.60. The summed E-state index contributed by atoms with van der Waals surface area (Å²) in [7, 11) is 1.61. The Morgan fingerprint density at radius 2 is 1.98 bits per heavy atom. The Morgan fingerprint density at radius 3 is 2.58 bits per heavy atom. The van der Waals surface area contributed by atoms with E-state index in [0.29, 0.717) is 22.6 Å². The number of carbonyl (C=O) groups excluding carboxylic acids is 2. The molecule has 5 heterocycles. The van der Waals surface area contributed by atoms with Gasteiger partial charge in [0.05, 0.1) is 23.4 Å². The maximum atomic E-state index is 13.7. The molecule has 0 saturated heterocycles. The standard InChI is InChI=1S/C23H17F3N8O5S/c1-10-14(7-28-32(10)2)13-5-16(23(24,25)26)30-22-17(13)18(19(40-22)20(27)35)31-21(36)15-4-3-12(39-15)9-33-8-11(6-29-33)34(37)38/h3-8H,9H2,1-2H3,(H2,27,35)(H,31,36). The van der Waals surface area contributed by atoms with Gasteiger partial charge in [0.15, 0.2) is 5.76 Å². The van der Waals surface area contributed by atoms with Crippen LogP contribution in [0.4, 0.5) is 24.5 Å². The maximum Gasteiger partial charge on any atom is 0.433 e. The summed E-state index contributed by atoms with van der Waals surface area (Å²) >= 11 is 0.608. The predicted molar refractivity (Wildman–Crippen MR) is 135 cm³/mol. The molecule has 0 aliphatic carbocycles. The number of hydrogen-bond donors (Lipinski definition) is 2. The van der Waals surface area contributed by atoms with Crippen molar-refractivity contribution in [2.24, 2.45) is 12.8 Å². The number of nitrogens with one attached hydrogen (secondary N) is 1. The van der Waals surface area contributed by atoms with Crippen molar-refractivity contribution in [2.45, 2.75) is 19.6 Å². The van der Waals surface area contributed by atoms with Crippen LogP contribution in [-0.2, 0) is 19.8 Å². The summed E-state index contributed by atoms with van der Waals surface area (Å²) in [6, 6.07) is 3.60. The number of nitrogens with two attached hydrogens (primary N) is 1. The van der Waals surface area contributed by atoms with Gasteiger partial charge in [-0.1, -0.05) is 0 Å². The normalized spacial score (nSPS) is 11.7. The molecule has 40 heavy (non-hydrogen) atoms. The quantitative estimate of drug-likeness (QED) is 0.215. The van der Waals surface area contributed by atoms with Crippen LogP contribution in [0, 0.1) is 17.0 Å². The minimum absolute atomic E-state index is 0.0242. The van der Waals surface area contributed by atoms with Crippen molar-refractivity contribution in [1.29, 1.82) is 0 Å². The first kappa shape index (κ1) is 26.5. The number of pyridine rings is 1. The molecule has 0 unspecified atom stereocenters. The third-order valence-corrected chi connectivity index (χ3v) is 7.07. The highest BCUT2D eigenvalue weighted by atomic mass is 32.1. The molecule has 0 aromatic carbocycles. The van der Waals surface area contributed by atoms with Crippen LogP contribution in [0.3, 0.4) is 0 Å². The molecule has 206 valence electrons. The fourth-order valence-electron chi connectivity index (χ4n) is 3.97. The van der Waals surface area contributed by atoms with Crippen molar-refractivity contribution < 1.29 is 32.1 Å². The number of alkyl halides is 3. The molecule has 5 aromatic heterocycles. The van der Waals surface area contributed by atoms with Crippen LogP contribution in [0.5, 0.6) is 0 Å². The fraction of sp³-hybridized carbons (Fsp3) is 0.174. The topological polar surface area (TPSA) is 177 Å². The van der Waals surface area contributed by atoms with Gasteiger partial charge >= 0.3 is 11.9 Å². The zero-order valence-corrected chi connectivity index (χ0v) is 21.3. The number of anilines is 1. The summed E-state index contributed by atoms with van der Waals surface area (Å²) in [5.74, 6) is -1.78. The number of carbonyl (C=O) groups is 2.